The molecule has 0 aliphatic carbocycles. The monoisotopic (exact) mass is 264 g/mol. The summed E-state index contributed by atoms with van der Waals surface area (Å²) in [6.45, 7) is 3.57. The summed E-state index contributed by atoms with van der Waals surface area (Å²) >= 11 is 0. The first-order valence-electron chi connectivity index (χ1n) is 6.09. The van der Waals surface area contributed by atoms with Gasteiger partial charge in [-0.15, -0.1) is 0 Å². The summed E-state index contributed by atoms with van der Waals surface area (Å²) in [5.74, 6) is -1.12. The number of carboxylic acid groups (broad SMARTS) is 1. The van der Waals surface area contributed by atoms with Crippen LogP contribution in [0.15, 0.2) is 30.3 Å². The lowest BCUT2D eigenvalue weighted by Crippen LogP contribution is -2.50. The van der Waals surface area contributed by atoms with Crippen molar-refractivity contribution in [2.75, 3.05) is 13.6 Å². The van der Waals surface area contributed by atoms with Crippen molar-refractivity contribution in [2.45, 2.75) is 25.9 Å². The number of likely N-dealkylation sites (N-methyl/N-ethyl adjacent to an activating group) is 1. The number of nitrogens with one attached hydrogen (secondary N) is 1. The molecule has 1 aromatic rings. The zero-order valence-electron chi connectivity index (χ0n) is 11.5. The van der Waals surface area contributed by atoms with Crippen molar-refractivity contribution in [3.8, 4) is 0 Å². The van der Waals surface area contributed by atoms with E-state index in [4.69, 9.17) is 5.11 Å². The van der Waals surface area contributed by atoms with Gasteiger partial charge in [0.2, 0.25) is 5.91 Å². The Hall–Kier alpha value is -1.88. The lowest BCUT2D eigenvalue weighted by Gasteiger charge is -2.23. The number of carboxylic acids is 1. The summed E-state index contributed by atoms with van der Waals surface area (Å²) < 4.78 is 0. The maximum atomic E-state index is 11.9. The van der Waals surface area contributed by atoms with E-state index in [1.807, 2.05) is 30.3 Å². The molecule has 5 heteroatoms. The Bertz CT molecular complexity index is 443. The topological polar surface area (TPSA) is 69.6 Å². The van der Waals surface area contributed by atoms with E-state index in [0.717, 1.165) is 5.56 Å². The van der Waals surface area contributed by atoms with E-state index in [0.29, 0.717) is 6.54 Å². The average molecular weight is 264 g/mol. The molecule has 0 fully saturated rings. The van der Waals surface area contributed by atoms with Gasteiger partial charge in [0, 0.05) is 13.6 Å². The van der Waals surface area contributed by atoms with Gasteiger partial charge in [0.05, 0.1) is 6.54 Å². The Kier molecular flexibility index (Phi) is 5.06. The molecule has 5 nitrogen and oxygen atoms in total. The third-order valence-corrected chi connectivity index (χ3v) is 2.90. The van der Waals surface area contributed by atoms with Gasteiger partial charge < -0.3 is 10.0 Å². The second-order valence-electron chi connectivity index (χ2n) is 5.02. The highest BCUT2D eigenvalue weighted by Crippen LogP contribution is 2.04. The van der Waals surface area contributed by atoms with Crippen LogP contribution in [0.4, 0.5) is 0 Å². The fourth-order valence-electron chi connectivity index (χ4n) is 1.45. The van der Waals surface area contributed by atoms with Crippen LogP contribution in [0.1, 0.15) is 19.4 Å². The summed E-state index contributed by atoms with van der Waals surface area (Å²) in [5, 5.41) is 11.7. The third-order valence-electron chi connectivity index (χ3n) is 2.90. The van der Waals surface area contributed by atoms with Crippen molar-refractivity contribution in [2.24, 2.45) is 0 Å². The summed E-state index contributed by atoms with van der Waals surface area (Å²) in [4.78, 5) is 24.4. The molecule has 0 aromatic heterocycles. The molecule has 0 radical (unpaired) electrons. The lowest BCUT2D eigenvalue weighted by molar-refractivity contribution is -0.143. The van der Waals surface area contributed by atoms with E-state index in [9.17, 15) is 9.59 Å². The minimum atomic E-state index is -1.11. The van der Waals surface area contributed by atoms with E-state index in [1.54, 1.807) is 11.9 Å². The molecule has 0 bridgehead atoms. The third kappa shape index (κ3) is 4.71. The lowest BCUT2D eigenvalue weighted by atomic mass is 10.1. The number of nitrogens with zero attached hydrogens (tertiary/aromatic N) is 1. The Balaban J connectivity index is 2.48. The molecule has 1 rings (SSSR count). The number of amides is 1. The Labute approximate surface area is 113 Å². The quantitative estimate of drug-likeness (QED) is 0.807. The number of carbonyl (C=O) groups excluding carboxylic acids is 1. The first-order chi connectivity index (χ1) is 8.83. The smallest absolute Gasteiger partial charge is 0.323 e. The Morgan fingerprint density at radius 3 is 2.37 bits per heavy atom. The minimum Gasteiger partial charge on any atom is -0.480 e. The molecule has 2 N–H and O–H groups in total. The summed E-state index contributed by atoms with van der Waals surface area (Å²) in [6, 6.07) is 9.64. The zero-order chi connectivity index (χ0) is 14.5. The summed E-state index contributed by atoms with van der Waals surface area (Å²) in [7, 11) is 1.70. The number of hydrogen-bond donors (Lipinski definition) is 2. The van der Waals surface area contributed by atoms with Crippen molar-refractivity contribution in [3.05, 3.63) is 35.9 Å². The molecule has 104 valence electrons. The van der Waals surface area contributed by atoms with E-state index >= 15 is 0 Å². The molecular formula is C14H20N2O3. The Morgan fingerprint density at radius 1 is 1.26 bits per heavy atom. The molecule has 0 spiro atoms. The number of aliphatic carboxylic acids is 1. The van der Waals surface area contributed by atoms with Crippen LogP contribution in [0.2, 0.25) is 0 Å². The standard InChI is InChI=1S/C14H20N2O3/c1-14(2,13(18)19)15-9-12(17)16(3)10-11-7-5-4-6-8-11/h4-8,15H,9-10H2,1-3H3,(H,18,19). The average Bonchev–Trinajstić information content (AvgIpc) is 2.37. The molecule has 0 aliphatic rings. The predicted octanol–water partition coefficient (Wildman–Crippen LogP) is 1.10. The van der Waals surface area contributed by atoms with Crippen molar-refractivity contribution in [1.29, 1.82) is 0 Å². The van der Waals surface area contributed by atoms with Crippen LogP contribution >= 0.6 is 0 Å². The molecule has 1 amide bonds. The van der Waals surface area contributed by atoms with Gasteiger partial charge in [0.25, 0.3) is 0 Å². The largest absolute Gasteiger partial charge is 0.480 e. The molecule has 1 aromatic carbocycles. The van der Waals surface area contributed by atoms with Crippen LogP contribution in [0.3, 0.4) is 0 Å². The van der Waals surface area contributed by atoms with Gasteiger partial charge in [-0.05, 0) is 19.4 Å². The first kappa shape index (κ1) is 15.2. The van der Waals surface area contributed by atoms with Gasteiger partial charge >= 0.3 is 5.97 Å². The van der Waals surface area contributed by atoms with Crippen LogP contribution in [-0.2, 0) is 16.1 Å². The number of carbonyl (C=O) groups is 2. The van der Waals surface area contributed by atoms with Crippen LogP contribution in [0, 0.1) is 0 Å². The molecule has 0 aliphatic heterocycles. The normalized spacial score (nSPS) is 11.1. The van der Waals surface area contributed by atoms with E-state index in [1.165, 1.54) is 13.8 Å². The van der Waals surface area contributed by atoms with Gasteiger partial charge in [-0.1, -0.05) is 30.3 Å². The maximum absolute atomic E-state index is 11.9. The van der Waals surface area contributed by atoms with E-state index < -0.39 is 11.5 Å². The van der Waals surface area contributed by atoms with Crippen molar-refractivity contribution >= 4 is 11.9 Å². The highest BCUT2D eigenvalue weighted by Gasteiger charge is 2.27. The van der Waals surface area contributed by atoms with Gasteiger partial charge in [-0.25, -0.2) is 0 Å². The minimum absolute atomic E-state index is 0.00261. The molecule has 19 heavy (non-hydrogen) atoms. The maximum Gasteiger partial charge on any atom is 0.323 e. The van der Waals surface area contributed by atoms with Crippen LogP contribution in [0.25, 0.3) is 0 Å². The zero-order valence-corrected chi connectivity index (χ0v) is 11.5. The molecule has 0 heterocycles. The SMILES string of the molecule is CN(Cc1ccccc1)C(=O)CNC(C)(C)C(=O)O. The molecular weight excluding hydrogens is 244 g/mol. The van der Waals surface area contributed by atoms with Gasteiger partial charge in [0.1, 0.15) is 5.54 Å². The number of hydrogen-bond acceptors (Lipinski definition) is 3. The van der Waals surface area contributed by atoms with Gasteiger partial charge in [-0.2, -0.15) is 0 Å². The van der Waals surface area contributed by atoms with Crippen LogP contribution in [-0.4, -0.2) is 41.0 Å². The van der Waals surface area contributed by atoms with Crippen molar-refractivity contribution in [3.63, 3.8) is 0 Å². The predicted molar refractivity (Wildman–Crippen MR) is 72.6 cm³/mol. The highest BCUT2D eigenvalue weighted by atomic mass is 16.4. The summed E-state index contributed by atoms with van der Waals surface area (Å²) in [6.07, 6.45) is 0. The van der Waals surface area contributed by atoms with Gasteiger partial charge in [-0.3, -0.25) is 14.9 Å². The second-order valence-corrected chi connectivity index (χ2v) is 5.02. The van der Waals surface area contributed by atoms with E-state index in [-0.39, 0.29) is 12.5 Å². The van der Waals surface area contributed by atoms with Gasteiger partial charge in [0.15, 0.2) is 0 Å². The fourth-order valence-corrected chi connectivity index (χ4v) is 1.45. The first-order valence-corrected chi connectivity index (χ1v) is 6.09. The summed E-state index contributed by atoms with van der Waals surface area (Å²) in [5.41, 5.74) is -0.0701. The molecule has 0 atom stereocenters. The molecule has 0 saturated heterocycles. The molecule has 0 unspecified atom stereocenters. The number of benzene rings is 1. The van der Waals surface area contributed by atoms with E-state index in [2.05, 4.69) is 5.32 Å². The van der Waals surface area contributed by atoms with Crippen LogP contribution < -0.4 is 5.32 Å². The van der Waals surface area contributed by atoms with Crippen molar-refractivity contribution in [1.82, 2.24) is 10.2 Å². The second kappa shape index (κ2) is 6.33. The molecule has 0 saturated carbocycles. The fraction of sp³-hybridized carbons (Fsp3) is 0.429. The van der Waals surface area contributed by atoms with Crippen LogP contribution in [0.5, 0.6) is 0 Å². The Morgan fingerprint density at radius 2 is 1.84 bits per heavy atom. The number of rotatable bonds is 6. The van der Waals surface area contributed by atoms with Crippen molar-refractivity contribution < 1.29 is 14.7 Å². The highest BCUT2D eigenvalue weighted by molar-refractivity contribution is 5.81.